The van der Waals surface area contributed by atoms with Gasteiger partial charge in [-0.15, -0.1) is 0 Å². The van der Waals surface area contributed by atoms with Crippen LogP contribution in [-0.2, 0) is 17.8 Å². The monoisotopic (exact) mass is 431 g/mol. The summed E-state index contributed by atoms with van der Waals surface area (Å²) in [7, 11) is 0. The fourth-order valence-corrected chi connectivity index (χ4v) is 4.54. The lowest BCUT2D eigenvalue weighted by atomic mass is 9.96. The van der Waals surface area contributed by atoms with Gasteiger partial charge in [0.15, 0.2) is 0 Å². The number of hydrogen-bond acceptors (Lipinski definition) is 3. The number of carbonyl (C=O) groups is 1. The van der Waals surface area contributed by atoms with Crippen molar-refractivity contribution in [1.29, 1.82) is 0 Å². The smallest absolute Gasteiger partial charge is 0.222 e. The van der Waals surface area contributed by atoms with Gasteiger partial charge in [0, 0.05) is 49.4 Å². The van der Waals surface area contributed by atoms with Gasteiger partial charge in [-0.05, 0) is 55.0 Å². The first-order valence-electron chi connectivity index (χ1n) is 11.1. The molecular formula is C25H26FN5O. The van der Waals surface area contributed by atoms with Crippen LogP contribution in [0.4, 0.5) is 4.39 Å². The van der Waals surface area contributed by atoms with E-state index in [2.05, 4.69) is 38.1 Å². The van der Waals surface area contributed by atoms with Gasteiger partial charge in [-0.3, -0.25) is 14.9 Å². The van der Waals surface area contributed by atoms with Crippen LogP contribution in [0.1, 0.15) is 24.8 Å². The van der Waals surface area contributed by atoms with E-state index in [9.17, 15) is 9.18 Å². The van der Waals surface area contributed by atoms with Crippen molar-refractivity contribution in [3.05, 3.63) is 72.6 Å². The van der Waals surface area contributed by atoms with Crippen molar-refractivity contribution >= 4 is 16.8 Å². The summed E-state index contributed by atoms with van der Waals surface area (Å²) in [6, 6.07) is 10.7. The largest absolute Gasteiger partial charge is 0.346 e. The molecule has 0 radical (unpaired) electrons. The standard InChI is InChI=1S/C25H26FN5O/c26-22-3-1-2-18(12-22)4-5-25(32)30-9-6-19(7-10-30)17-31-11-8-20-13-23(27-16-24(20)31)21-14-28-29-15-21/h1-3,8,11-16,19H,4-7,9-10,17H2,(H,28,29). The fraction of sp³-hybridized carbons (Fsp3) is 0.320. The second-order valence-corrected chi connectivity index (χ2v) is 8.54. The molecule has 0 atom stereocenters. The molecule has 1 aliphatic heterocycles. The van der Waals surface area contributed by atoms with Crippen molar-refractivity contribution in [2.45, 2.75) is 32.2 Å². The summed E-state index contributed by atoms with van der Waals surface area (Å²) >= 11 is 0. The zero-order valence-electron chi connectivity index (χ0n) is 17.9. The molecule has 1 aliphatic rings. The van der Waals surface area contributed by atoms with Crippen LogP contribution in [0.3, 0.4) is 0 Å². The van der Waals surface area contributed by atoms with Gasteiger partial charge in [-0.2, -0.15) is 5.10 Å². The molecule has 6 nitrogen and oxygen atoms in total. The van der Waals surface area contributed by atoms with Crippen LogP contribution < -0.4 is 0 Å². The van der Waals surface area contributed by atoms with Crippen molar-refractivity contribution in [2.75, 3.05) is 13.1 Å². The number of pyridine rings is 1. The molecule has 4 heterocycles. The number of halogens is 1. The predicted molar refractivity (Wildman–Crippen MR) is 121 cm³/mol. The minimum absolute atomic E-state index is 0.162. The van der Waals surface area contributed by atoms with Gasteiger partial charge in [0.2, 0.25) is 5.91 Å². The molecule has 7 heteroatoms. The van der Waals surface area contributed by atoms with Gasteiger partial charge in [-0.1, -0.05) is 12.1 Å². The van der Waals surface area contributed by atoms with Crippen LogP contribution in [0.5, 0.6) is 0 Å². The number of hydrogen-bond donors (Lipinski definition) is 1. The number of piperidine rings is 1. The minimum Gasteiger partial charge on any atom is -0.346 e. The Labute approximate surface area is 186 Å². The molecule has 0 bridgehead atoms. The number of aromatic nitrogens is 4. The van der Waals surface area contributed by atoms with Crippen molar-refractivity contribution < 1.29 is 9.18 Å². The molecular weight excluding hydrogens is 405 g/mol. The molecule has 1 N–H and O–H groups in total. The number of carbonyl (C=O) groups excluding carboxylic acids is 1. The quantitative estimate of drug-likeness (QED) is 0.491. The maximum absolute atomic E-state index is 13.3. The third kappa shape index (κ3) is 4.42. The van der Waals surface area contributed by atoms with Gasteiger partial charge in [0.05, 0.1) is 23.6 Å². The van der Waals surface area contributed by atoms with Gasteiger partial charge >= 0.3 is 0 Å². The Morgan fingerprint density at radius 2 is 2.03 bits per heavy atom. The van der Waals surface area contributed by atoms with Crippen LogP contribution in [0.2, 0.25) is 0 Å². The molecule has 0 saturated carbocycles. The molecule has 1 aromatic carbocycles. The molecule has 32 heavy (non-hydrogen) atoms. The number of rotatable bonds is 6. The summed E-state index contributed by atoms with van der Waals surface area (Å²) < 4.78 is 15.6. The Morgan fingerprint density at radius 1 is 1.16 bits per heavy atom. The van der Waals surface area contributed by atoms with Crippen LogP contribution >= 0.6 is 0 Å². The van der Waals surface area contributed by atoms with Crippen molar-refractivity contribution in [3.63, 3.8) is 0 Å². The Kier molecular flexibility index (Phi) is 5.71. The topological polar surface area (TPSA) is 66.8 Å². The van der Waals surface area contributed by atoms with E-state index >= 15 is 0 Å². The average Bonchev–Trinajstić information content (AvgIpc) is 3.48. The van der Waals surface area contributed by atoms with Gasteiger partial charge in [0.25, 0.3) is 0 Å². The molecule has 1 fully saturated rings. The highest BCUT2D eigenvalue weighted by atomic mass is 19.1. The molecule has 1 amide bonds. The number of nitrogens with zero attached hydrogens (tertiary/aromatic N) is 4. The predicted octanol–water partition coefficient (Wildman–Crippen LogP) is 4.44. The van der Waals surface area contributed by atoms with Crippen LogP contribution in [0, 0.1) is 11.7 Å². The van der Waals surface area contributed by atoms with E-state index in [1.165, 1.54) is 17.5 Å². The summed E-state index contributed by atoms with van der Waals surface area (Å²) in [5.74, 6) is 0.447. The fourth-order valence-electron chi connectivity index (χ4n) is 4.54. The average molecular weight is 432 g/mol. The molecule has 0 unspecified atom stereocenters. The number of benzene rings is 1. The number of fused-ring (bicyclic) bond motifs is 1. The number of nitrogens with one attached hydrogen (secondary N) is 1. The Balaban J connectivity index is 1.15. The second-order valence-electron chi connectivity index (χ2n) is 8.54. The van der Waals surface area contributed by atoms with Crippen LogP contribution in [0.15, 0.2) is 61.2 Å². The summed E-state index contributed by atoms with van der Waals surface area (Å²) in [4.78, 5) is 19.2. The maximum Gasteiger partial charge on any atom is 0.222 e. The zero-order chi connectivity index (χ0) is 21.9. The van der Waals surface area contributed by atoms with E-state index in [0.29, 0.717) is 18.8 Å². The SMILES string of the molecule is O=C(CCc1cccc(F)c1)N1CCC(Cn2ccc3cc(-c4cn[nH]c4)ncc32)CC1. The minimum atomic E-state index is -0.249. The Bertz CT molecular complexity index is 1210. The van der Waals surface area contributed by atoms with E-state index in [1.54, 1.807) is 12.3 Å². The van der Waals surface area contributed by atoms with Gasteiger partial charge in [0.1, 0.15) is 5.82 Å². The third-order valence-corrected chi connectivity index (χ3v) is 6.39. The molecule has 164 valence electrons. The number of aromatic amines is 1. The van der Waals surface area contributed by atoms with E-state index in [4.69, 9.17) is 0 Å². The summed E-state index contributed by atoms with van der Waals surface area (Å²) in [6.07, 6.45) is 10.7. The highest BCUT2D eigenvalue weighted by Crippen LogP contribution is 2.25. The first kappa shape index (κ1) is 20.4. The van der Waals surface area contributed by atoms with Gasteiger partial charge in [-0.25, -0.2) is 4.39 Å². The zero-order valence-corrected chi connectivity index (χ0v) is 17.9. The number of aryl methyl sites for hydroxylation is 1. The lowest BCUT2D eigenvalue weighted by molar-refractivity contribution is -0.132. The van der Waals surface area contributed by atoms with Crippen molar-refractivity contribution in [1.82, 2.24) is 24.6 Å². The molecule has 1 saturated heterocycles. The Hall–Kier alpha value is -3.48. The van der Waals surface area contributed by atoms with E-state index in [-0.39, 0.29) is 11.7 Å². The summed E-state index contributed by atoms with van der Waals surface area (Å²) in [5.41, 5.74) is 3.89. The lowest BCUT2D eigenvalue weighted by Gasteiger charge is -2.32. The first-order chi connectivity index (χ1) is 15.7. The molecule has 5 rings (SSSR count). The van der Waals surface area contributed by atoms with E-state index in [1.807, 2.05) is 23.4 Å². The van der Waals surface area contributed by atoms with E-state index in [0.717, 1.165) is 54.8 Å². The van der Waals surface area contributed by atoms with E-state index < -0.39 is 0 Å². The van der Waals surface area contributed by atoms with Crippen LogP contribution in [0.25, 0.3) is 22.2 Å². The number of H-pyrrole nitrogens is 1. The highest BCUT2D eigenvalue weighted by Gasteiger charge is 2.23. The molecule has 4 aromatic rings. The van der Waals surface area contributed by atoms with Crippen molar-refractivity contribution in [3.8, 4) is 11.3 Å². The number of likely N-dealkylation sites (tertiary alicyclic amines) is 1. The third-order valence-electron chi connectivity index (χ3n) is 6.39. The maximum atomic E-state index is 13.3. The normalized spacial score (nSPS) is 14.8. The first-order valence-corrected chi connectivity index (χ1v) is 11.1. The second kappa shape index (κ2) is 8.94. The number of amides is 1. The van der Waals surface area contributed by atoms with Crippen LogP contribution in [-0.4, -0.2) is 43.6 Å². The molecule has 3 aromatic heterocycles. The lowest BCUT2D eigenvalue weighted by Crippen LogP contribution is -2.39. The Morgan fingerprint density at radius 3 is 2.81 bits per heavy atom. The van der Waals surface area contributed by atoms with Gasteiger partial charge < -0.3 is 9.47 Å². The molecule has 0 aliphatic carbocycles. The molecule has 0 spiro atoms. The van der Waals surface area contributed by atoms with Crippen molar-refractivity contribution in [2.24, 2.45) is 5.92 Å². The summed E-state index contributed by atoms with van der Waals surface area (Å²) in [5, 5.41) is 7.99. The summed E-state index contributed by atoms with van der Waals surface area (Å²) in [6.45, 7) is 2.50. The highest BCUT2D eigenvalue weighted by molar-refractivity contribution is 5.83.